The molecule has 410 valence electrons. The zero-order chi connectivity index (χ0) is 49.9. The van der Waals surface area contributed by atoms with Crippen molar-refractivity contribution in [3.63, 3.8) is 0 Å². The summed E-state index contributed by atoms with van der Waals surface area (Å²) in [5.41, 5.74) is 0. The van der Waals surface area contributed by atoms with Crippen LogP contribution in [0.4, 0.5) is 0 Å². The molecule has 4 nitrogen and oxygen atoms in total. The van der Waals surface area contributed by atoms with E-state index in [1.807, 2.05) is 0 Å². The minimum atomic E-state index is -0.656. The Kier molecular flexibility index (Phi) is 60.2. The second-order valence-electron chi connectivity index (χ2n) is 22.2. The summed E-state index contributed by atoms with van der Waals surface area (Å²) < 4.78 is 0. The van der Waals surface area contributed by atoms with E-state index in [1.54, 1.807) is 0 Å². The Morgan fingerprint density at radius 1 is 0.348 bits per heavy atom. The van der Waals surface area contributed by atoms with Crippen molar-refractivity contribution in [1.29, 1.82) is 0 Å². The van der Waals surface area contributed by atoms with E-state index in [9.17, 15) is 15.0 Å². The number of allylic oxidation sites excluding steroid dienone is 4. The van der Waals surface area contributed by atoms with Crippen molar-refractivity contribution in [1.82, 2.24) is 5.32 Å². The molecule has 0 heterocycles. The van der Waals surface area contributed by atoms with Gasteiger partial charge in [0.25, 0.3) is 0 Å². The van der Waals surface area contributed by atoms with Gasteiger partial charge in [0.05, 0.1) is 18.8 Å². The van der Waals surface area contributed by atoms with Gasteiger partial charge >= 0.3 is 0 Å². The molecule has 0 fully saturated rings. The molecule has 0 bridgehead atoms. The first-order valence-corrected chi connectivity index (χ1v) is 32.0. The second kappa shape index (κ2) is 61.2. The third kappa shape index (κ3) is 57.6. The van der Waals surface area contributed by atoms with Gasteiger partial charge in [-0.15, -0.1) is 0 Å². The zero-order valence-electron chi connectivity index (χ0n) is 47.4. The fourth-order valence-corrected chi connectivity index (χ4v) is 10.3. The van der Waals surface area contributed by atoms with Gasteiger partial charge in [-0.2, -0.15) is 0 Å². The SMILES string of the molecule is CCCCCCC/C=C\C/C=C\CCCCCCCCCCCCCCCCCCCCCCCCCCCCCCCC(=O)NC(CO)C(O)CCCCCCCCCCCCCCCCCC. The third-order valence-corrected chi connectivity index (χ3v) is 15.2. The number of amides is 1. The number of hydrogen-bond donors (Lipinski definition) is 3. The summed E-state index contributed by atoms with van der Waals surface area (Å²) in [5, 5.41) is 23.3. The highest BCUT2D eigenvalue weighted by Gasteiger charge is 2.20. The van der Waals surface area contributed by atoms with Gasteiger partial charge in [0.1, 0.15) is 0 Å². The Morgan fingerprint density at radius 2 is 0.594 bits per heavy atom. The molecule has 0 aromatic rings. The van der Waals surface area contributed by atoms with Crippen LogP contribution in [-0.4, -0.2) is 34.9 Å². The lowest BCUT2D eigenvalue weighted by Gasteiger charge is -2.22. The number of nitrogens with one attached hydrogen (secondary N) is 1. The Labute approximate surface area is 434 Å². The average Bonchev–Trinajstić information content (AvgIpc) is 3.35. The first kappa shape index (κ1) is 67.9. The summed E-state index contributed by atoms with van der Waals surface area (Å²) in [7, 11) is 0. The molecule has 0 aliphatic rings. The second-order valence-corrected chi connectivity index (χ2v) is 22.2. The van der Waals surface area contributed by atoms with Crippen molar-refractivity contribution >= 4 is 5.91 Å². The number of aliphatic hydroxyl groups excluding tert-OH is 2. The van der Waals surface area contributed by atoms with Crippen molar-refractivity contribution in [2.75, 3.05) is 6.61 Å². The average molecular weight is 971 g/mol. The van der Waals surface area contributed by atoms with Crippen LogP contribution in [0.2, 0.25) is 0 Å². The molecule has 4 heteroatoms. The van der Waals surface area contributed by atoms with Gasteiger partial charge < -0.3 is 15.5 Å². The van der Waals surface area contributed by atoms with Crippen LogP contribution in [0.15, 0.2) is 24.3 Å². The number of rotatable bonds is 60. The van der Waals surface area contributed by atoms with Gasteiger partial charge in [-0.05, 0) is 44.9 Å². The molecule has 0 rings (SSSR count). The van der Waals surface area contributed by atoms with Crippen molar-refractivity contribution in [2.24, 2.45) is 0 Å². The maximum Gasteiger partial charge on any atom is 0.220 e. The highest BCUT2D eigenvalue weighted by molar-refractivity contribution is 5.76. The van der Waals surface area contributed by atoms with Crippen LogP contribution < -0.4 is 5.32 Å². The van der Waals surface area contributed by atoms with Gasteiger partial charge in [0, 0.05) is 6.42 Å². The summed E-state index contributed by atoms with van der Waals surface area (Å²) in [5.74, 6) is -0.0231. The van der Waals surface area contributed by atoms with Crippen LogP contribution in [0.5, 0.6) is 0 Å². The lowest BCUT2D eigenvalue weighted by atomic mass is 10.0. The largest absolute Gasteiger partial charge is 0.394 e. The molecule has 0 aromatic carbocycles. The lowest BCUT2D eigenvalue weighted by Crippen LogP contribution is -2.45. The van der Waals surface area contributed by atoms with E-state index in [2.05, 4.69) is 43.5 Å². The molecule has 0 spiro atoms. The highest BCUT2D eigenvalue weighted by atomic mass is 16.3. The van der Waals surface area contributed by atoms with Crippen molar-refractivity contribution in [3.05, 3.63) is 24.3 Å². The van der Waals surface area contributed by atoms with E-state index in [0.717, 1.165) is 32.1 Å². The van der Waals surface area contributed by atoms with E-state index in [1.165, 1.54) is 308 Å². The number of unbranched alkanes of at least 4 members (excludes halogenated alkanes) is 49. The van der Waals surface area contributed by atoms with Crippen LogP contribution in [0.25, 0.3) is 0 Å². The van der Waals surface area contributed by atoms with E-state index in [0.29, 0.717) is 12.8 Å². The van der Waals surface area contributed by atoms with Gasteiger partial charge in [-0.3, -0.25) is 4.79 Å². The lowest BCUT2D eigenvalue weighted by molar-refractivity contribution is -0.123. The molecule has 0 aliphatic carbocycles. The Balaban J connectivity index is 3.34. The molecule has 1 amide bonds. The van der Waals surface area contributed by atoms with Crippen LogP contribution in [-0.2, 0) is 4.79 Å². The molecule has 2 atom stereocenters. The van der Waals surface area contributed by atoms with Gasteiger partial charge in [0.15, 0.2) is 0 Å². The molecule has 0 aromatic heterocycles. The van der Waals surface area contributed by atoms with Crippen molar-refractivity contribution in [2.45, 2.75) is 379 Å². The molecule has 0 saturated carbocycles. The fraction of sp³-hybridized carbons (Fsp3) is 0.923. The predicted molar refractivity (Wildman–Crippen MR) is 309 cm³/mol. The van der Waals surface area contributed by atoms with Crippen LogP contribution in [0.3, 0.4) is 0 Å². The zero-order valence-corrected chi connectivity index (χ0v) is 47.4. The van der Waals surface area contributed by atoms with E-state index < -0.39 is 12.1 Å². The molecule has 3 N–H and O–H groups in total. The number of carbonyl (C=O) groups is 1. The number of carbonyl (C=O) groups excluding carboxylic acids is 1. The van der Waals surface area contributed by atoms with Crippen LogP contribution >= 0.6 is 0 Å². The van der Waals surface area contributed by atoms with E-state index >= 15 is 0 Å². The molecule has 2 unspecified atom stereocenters. The molecule has 0 saturated heterocycles. The minimum absolute atomic E-state index is 0.0231. The van der Waals surface area contributed by atoms with Crippen molar-refractivity contribution in [3.8, 4) is 0 Å². The van der Waals surface area contributed by atoms with Gasteiger partial charge in [0.2, 0.25) is 5.91 Å². The normalized spacial score (nSPS) is 12.8. The summed E-state index contributed by atoms with van der Waals surface area (Å²) in [6, 6.07) is -0.533. The number of aliphatic hydroxyl groups is 2. The molecule has 69 heavy (non-hydrogen) atoms. The summed E-state index contributed by atoms with van der Waals surface area (Å²) in [4.78, 5) is 12.5. The summed E-state index contributed by atoms with van der Waals surface area (Å²) in [6.45, 7) is 4.38. The summed E-state index contributed by atoms with van der Waals surface area (Å²) in [6.07, 6.45) is 82.2. The molecular weight excluding hydrogens is 843 g/mol. The molecular formula is C65H127NO3. The number of hydrogen-bond acceptors (Lipinski definition) is 3. The maximum absolute atomic E-state index is 12.5. The maximum atomic E-state index is 12.5. The fourth-order valence-electron chi connectivity index (χ4n) is 10.3. The first-order valence-electron chi connectivity index (χ1n) is 32.0. The minimum Gasteiger partial charge on any atom is -0.394 e. The quantitative estimate of drug-likeness (QED) is 0.0420. The monoisotopic (exact) mass is 970 g/mol. The van der Waals surface area contributed by atoms with Crippen LogP contribution in [0, 0.1) is 0 Å². The van der Waals surface area contributed by atoms with Crippen molar-refractivity contribution < 1.29 is 15.0 Å². The Hall–Kier alpha value is -1.13. The van der Waals surface area contributed by atoms with Gasteiger partial charge in [-0.1, -0.05) is 340 Å². The highest BCUT2D eigenvalue weighted by Crippen LogP contribution is 2.19. The smallest absolute Gasteiger partial charge is 0.220 e. The standard InChI is InChI=1S/C65H127NO3/c1-3-5-7-9-11-13-15-17-19-21-22-23-24-25-26-27-28-29-30-31-32-33-34-35-36-37-38-39-40-41-42-43-44-45-47-49-51-53-55-57-59-61-65(69)66-63(62-67)64(68)60-58-56-54-52-50-48-46-20-18-16-14-12-10-8-6-4-2/h15,17,21-22,63-64,67-68H,3-14,16,18-20,23-62H2,1-2H3,(H,66,69)/b17-15-,22-21-. The predicted octanol–water partition coefficient (Wildman–Crippen LogP) is 21.4. The van der Waals surface area contributed by atoms with Gasteiger partial charge in [-0.25, -0.2) is 0 Å². The first-order chi connectivity index (χ1) is 34.2. The Bertz CT molecular complexity index is 1010. The molecule has 0 radical (unpaired) electrons. The Morgan fingerprint density at radius 3 is 0.870 bits per heavy atom. The topological polar surface area (TPSA) is 69.6 Å². The molecule has 0 aliphatic heterocycles. The van der Waals surface area contributed by atoms with Crippen LogP contribution in [0.1, 0.15) is 367 Å². The van der Waals surface area contributed by atoms with E-state index in [-0.39, 0.29) is 12.5 Å². The van der Waals surface area contributed by atoms with E-state index in [4.69, 9.17) is 0 Å². The summed E-state index contributed by atoms with van der Waals surface area (Å²) >= 11 is 0. The third-order valence-electron chi connectivity index (χ3n) is 15.2.